The summed E-state index contributed by atoms with van der Waals surface area (Å²) < 4.78 is 2.01. The molecule has 6 nitrogen and oxygen atoms in total. The van der Waals surface area contributed by atoms with Gasteiger partial charge in [0.2, 0.25) is 5.91 Å². The molecule has 2 aliphatic heterocycles. The largest absolute Gasteiger partial charge is 0.350 e. The number of carbonyl (C=O) groups is 1. The van der Waals surface area contributed by atoms with Crippen molar-refractivity contribution in [3.8, 4) is 0 Å². The first-order chi connectivity index (χ1) is 13.1. The number of rotatable bonds is 5. The molecule has 0 aliphatic carbocycles. The molecule has 2 aliphatic rings. The number of thiazole rings is 1. The van der Waals surface area contributed by atoms with Gasteiger partial charge in [-0.3, -0.25) is 14.1 Å². The van der Waals surface area contributed by atoms with Gasteiger partial charge in [0.25, 0.3) is 0 Å². The topological polar surface area (TPSA) is 52.9 Å². The molecule has 0 bridgehead atoms. The second kappa shape index (κ2) is 8.29. The van der Waals surface area contributed by atoms with Gasteiger partial charge in [-0.05, 0) is 59.2 Å². The molecule has 2 aromatic heterocycles. The summed E-state index contributed by atoms with van der Waals surface area (Å²) in [5.74, 6) is 0.307. The van der Waals surface area contributed by atoms with E-state index in [1.54, 1.807) is 11.3 Å². The normalized spacial score (nSPS) is 23.3. The number of carbonyl (C=O) groups excluding carboxylic acids is 1. The fourth-order valence-electron chi connectivity index (χ4n) is 4.50. The summed E-state index contributed by atoms with van der Waals surface area (Å²) in [4.78, 5) is 23.4. The highest BCUT2D eigenvalue weighted by Crippen LogP contribution is 2.24. The molecule has 2 fully saturated rings. The summed E-state index contributed by atoms with van der Waals surface area (Å²) in [6, 6.07) is 1.29. The summed E-state index contributed by atoms with van der Waals surface area (Å²) in [5.41, 5.74) is 0.934. The monoisotopic (exact) mass is 389 g/mol. The van der Waals surface area contributed by atoms with Crippen LogP contribution in [0.5, 0.6) is 0 Å². The molecular formula is C20H31N5OS. The fourth-order valence-corrected chi connectivity index (χ4v) is 5.22. The number of likely N-dealkylation sites (tertiary alicyclic amines) is 2. The Kier molecular flexibility index (Phi) is 5.80. The van der Waals surface area contributed by atoms with E-state index in [-0.39, 0.29) is 11.8 Å². The standard InChI is InChI=1S/C20H31N5OS/c1-15(2)23-8-5-18(6-9-23)24-7-3-4-16(13-24)19(26)21-12-17-14-25-10-11-27-20(25)22-17/h10-11,14-16,18H,3-9,12-13H2,1-2H3,(H,21,26). The van der Waals surface area contributed by atoms with Crippen molar-refractivity contribution in [1.29, 1.82) is 0 Å². The van der Waals surface area contributed by atoms with Gasteiger partial charge in [-0.25, -0.2) is 4.98 Å². The fraction of sp³-hybridized carbons (Fsp3) is 0.700. The Morgan fingerprint density at radius 2 is 2.11 bits per heavy atom. The van der Waals surface area contributed by atoms with Gasteiger partial charge in [0.05, 0.1) is 18.2 Å². The smallest absolute Gasteiger partial charge is 0.224 e. The van der Waals surface area contributed by atoms with Gasteiger partial charge in [-0.15, -0.1) is 11.3 Å². The molecule has 2 saturated heterocycles. The molecule has 0 spiro atoms. The Morgan fingerprint density at radius 1 is 1.30 bits per heavy atom. The molecule has 7 heteroatoms. The first kappa shape index (κ1) is 18.9. The Hall–Kier alpha value is -1.44. The predicted octanol–water partition coefficient (Wildman–Crippen LogP) is 2.60. The Balaban J connectivity index is 1.27. The third-order valence-corrected chi connectivity index (χ3v) is 6.93. The molecule has 27 heavy (non-hydrogen) atoms. The third-order valence-electron chi connectivity index (χ3n) is 6.16. The van der Waals surface area contributed by atoms with Crippen LogP contribution in [0, 0.1) is 5.92 Å². The van der Waals surface area contributed by atoms with Crippen molar-refractivity contribution < 1.29 is 4.79 Å². The zero-order valence-electron chi connectivity index (χ0n) is 16.4. The average Bonchev–Trinajstić information content (AvgIpc) is 3.28. The van der Waals surface area contributed by atoms with Crippen LogP contribution in [0.4, 0.5) is 0 Å². The highest BCUT2D eigenvalue weighted by molar-refractivity contribution is 7.15. The lowest BCUT2D eigenvalue weighted by atomic mass is 9.93. The Morgan fingerprint density at radius 3 is 2.85 bits per heavy atom. The highest BCUT2D eigenvalue weighted by Gasteiger charge is 2.32. The van der Waals surface area contributed by atoms with Crippen molar-refractivity contribution in [1.82, 2.24) is 24.5 Å². The number of amides is 1. The lowest BCUT2D eigenvalue weighted by molar-refractivity contribution is -0.127. The van der Waals surface area contributed by atoms with Crippen LogP contribution in [-0.4, -0.2) is 63.4 Å². The minimum atomic E-state index is 0.116. The van der Waals surface area contributed by atoms with E-state index >= 15 is 0 Å². The van der Waals surface area contributed by atoms with Gasteiger partial charge >= 0.3 is 0 Å². The zero-order chi connectivity index (χ0) is 18.8. The zero-order valence-corrected chi connectivity index (χ0v) is 17.2. The van der Waals surface area contributed by atoms with E-state index in [1.807, 2.05) is 22.2 Å². The number of piperidine rings is 2. The van der Waals surface area contributed by atoms with Gasteiger partial charge in [0, 0.05) is 36.4 Å². The molecule has 0 aromatic carbocycles. The van der Waals surface area contributed by atoms with Crippen molar-refractivity contribution in [2.24, 2.45) is 5.92 Å². The minimum absolute atomic E-state index is 0.116. The van der Waals surface area contributed by atoms with E-state index in [0.29, 0.717) is 18.6 Å². The minimum Gasteiger partial charge on any atom is -0.350 e. The second-order valence-electron chi connectivity index (χ2n) is 8.24. The van der Waals surface area contributed by atoms with Gasteiger partial charge in [0.1, 0.15) is 0 Å². The number of aromatic nitrogens is 2. The Bertz CT molecular complexity index is 733. The Labute approximate surface area is 165 Å². The van der Waals surface area contributed by atoms with Crippen LogP contribution >= 0.6 is 11.3 Å². The lowest BCUT2D eigenvalue weighted by Gasteiger charge is -2.43. The maximum atomic E-state index is 12.7. The van der Waals surface area contributed by atoms with Crippen molar-refractivity contribution in [2.75, 3.05) is 26.2 Å². The molecule has 148 valence electrons. The summed E-state index contributed by atoms with van der Waals surface area (Å²) in [6.07, 6.45) is 8.60. The van der Waals surface area contributed by atoms with Crippen LogP contribution < -0.4 is 5.32 Å². The summed E-state index contributed by atoms with van der Waals surface area (Å²) in [7, 11) is 0. The quantitative estimate of drug-likeness (QED) is 0.854. The van der Waals surface area contributed by atoms with Crippen molar-refractivity contribution in [3.05, 3.63) is 23.5 Å². The number of nitrogens with one attached hydrogen (secondary N) is 1. The number of hydrogen-bond donors (Lipinski definition) is 1. The van der Waals surface area contributed by atoms with Gasteiger partial charge in [-0.2, -0.15) is 0 Å². The van der Waals surface area contributed by atoms with Crippen molar-refractivity contribution in [3.63, 3.8) is 0 Å². The maximum absolute atomic E-state index is 12.7. The molecule has 1 atom stereocenters. The van der Waals surface area contributed by atoms with Gasteiger partial charge < -0.3 is 10.2 Å². The molecule has 4 rings (SSSR count). The van der Waals surface area contributed by atoms with Crippen LogP contribution in [0.1, 0.15) is 45.2 Å². The average molecular weight is 390 g/mol. The molecule has 1 N–H and O–H groups in total. The molecule has 0 saturated carbocycles. The van der Waals surface area contributed by atoms with E-state index in [4.69, 9.17) is 0 Å². The predicted molar refractivity (Wildman–Crippen MR) is 109 cm³/mol. The van der Waals surface area contributed by atoms with Crippen LogP contribution in [-0.2, 0) is 11.3 Å². The third kappa shape index (κ3) is 4.36. The number of imidazole rings is 1. The molecule has 0 radical (unpaired) electrons. The van der Waals surface area contributed by atoms with E-state index in [2.05, 4.69) is 33.9 Å². The number of nitrogens with zero attached hydrogens (tertiary/aromatic N) is 4. The first-order valence-corrected chi connectivity index (χ1v) is 11.1. The SMILES string of the molecule is CC(C)N1CCC(N2CCCC(C(=O)NCc3cn4ccsc4n3)C2)CC1. The molecule has 4 heterocycles. The summed E-state index contributed by atoms with van der Waals surface area (Å²) in [6.45, 7) is 9.53. The molecule has 1 amide bonds. The van der Waals surface area contributed by atoms with E-state index in [0.717, 1.165) is 36.6 Å². The lowest BCUT2D eigenvalue weighted by Crippen LogP contribution is -2.51. The van der Waals surface area contributed by atoms with Crippen molar-refractivity contribution in [2.45, 2.75) is 58.2 Å². The van der Waals surface area contributed by atoms with Crippen molar-refractivity contribution >= 4 is 22.2 Å². The number of hydrogen-bond acceptors (Lipinski definition) is 5. The van der Waals surface area contributed by atoms with E-state index in [1.165, 1.54) is 25.9 Å². The highest BCUT2D eigenvalue weighted by atomic mass is 32.1. The first-order valence-electron chi connectivity index (χ1n) is 10.3. The van der Waals surface area contributed by atoms with Crippen LogP contribution in [0.15, 0.2) is 17.8 Å². The summed E-state index contributed by atoms with van der Waals surface area (Å²) >= 11 is 1.62. The maximum Gasteiger partial charge on any atom is 0.224 e. The van der Waals surface area contributed by atoms with E-state index in [9.17, 15) is 4.79 Å². The van der Waals surface area contributed by atoms with Gasteiger partial charge in [0.15, 0.2) is 4.96 Å². The van der Waals surface area contributed by atoms with Crippen LogP contribution in [0.3, 0.4) is 0 Å². The van der Waals surface area contributed by atoms with E-state index < -0.39 is 0 Å². The molecular weight excluding hydrogens is 358 g/mol. The van der Waals surface area contributed by atoms with Gasteiger partial charge in [-0.1, -0.05) is 0 Å². The van der Waals surface area contributed by atoms with Crippen LogP contribution in [0.25, 0.3) is 4.96 Å². The second-order valence-corrected chi connectivity index (χ2v) is 9.11. The number of fused-ring (bicyclic) bond motifs is 1. The van der Waals surface area contributed by atoms with Crippen LogP contribution in [0.2, 0.25) is 0 Å². The molecule has 2 aromatic rings. The summed E-state index contributed by atoms with van der Waals surface area (Å²) in [5, 5.41) is 5.14. The molecule has 1 unspecified atom stereocenters.